The topological polar surface area (TPSA) is 49.5 Å². The summed E-state index contributed by atoms with van der Waals surface area (Å²) in [7, 11) is 0. The van der Waals surface area contributed by atoms with Gasteiger partial charge in [0.25, 0.3) is 0 Å². The van der Waals surface area contributed by atoms with Gasteiger partial charge in [-0.05, 0) is 49.6 Å². The molecule has 1 aliphatic heterocycles. The van der Waals surface area contributed by atoms with Gasteiger partial charge >= 0.3 is 0 Å². The summed E-state index contributed by atoms with van der Waals surface area (Å²) >= 11 is 0. The molecule has 1 saturated heterocycles. The van der Waals surface area contributed by atoms with Crippen molar-refractivity contribution >= 4 is 0 Å². The molecule has 0 bridgehead atoms. The molecule has 4 nitrogen and oxygen atoms in total. The van der Waals surface area contributed by atoms with Crippen LogP contribution in [0.3, 0.4) is 0 Å². The molecule has 112 valence electrons. The van der Waals surface area contributed by atoms with Crippen LogP contribution in [0.4, 0.5) is 4.39 Å². The van der Waals surface area contributed by atoms with E-state index in [2.05, 4.69) is 9.88 Å². The lowest BCUT2D eigenvalue weighted by Crippen LogP contribution is -2.36. The number of pyridine rings is 1. The van der Waals surface area contributed by atoms with E-state index in [-0.39, 0.29) is 12.4 Å². The first-order valence-electron chi connectivity index (χ1n) is 7.28. The lowest BCUT2D eigenvalue weighted by atomic mass is 9.99. The van der Waals surface area contributed by atoms with Crippen molar-refractivity contribution in [1.29, 1.82) is 0 Å². The van der Waals surface area contributed by atoms with Crippen LogP contribution in [0.15, 0.2) is 34.9 Å². The van der Waals surface area contributed by atoms with E-state index < -0.39 is 0 Å². The number of rotatable bonds is 4. The molecule has 0 radical (unpaired) electrons. The molecule has 0 aliphatic carbocycles. The quantitative estimate of drug-likeness (QED) is 0.940. The van der Waals surface area contributed by atoms with E-state index in [0.717, 1.165) is 38.2 Å². The second-order valence-corrected chi connectivity index (χ2v) is 5.55. The number of halogens is 1. The number of piperidine rings is 1. The van der Waals surface area contributed by atoms with Crippen LogP contribution >= 0.6 is 0 Å². The molecule has 1 atom stereocenters. The zero-order valence-corrected chi connectivity index (χ0v) is 11.8. The number of aromatic nitrogens is 1. The molecule has 21 heavy (non-hydrogen) atoms. The van der Waals surface area contributed by atoms with Crippen LogP contribution in [-0.2, 0) is 6.54 Å². The van der Waals surface area contributed by atoms with Crippen LogP contribution < -0.4 is 0 Å². The molecule has 0 amide bonds. The van der Waals surface area contributed by atoms with Gasteiger partial charge in [0.2, 0.25) is 0 Å². The Morgan fingerprint density at radius 3 is 3.00 bits per heavy atom. The van der Waals surface area contributed by atoms with Crippen molar-refractivity contribution in [3.8, 4) is 11.5 Å². The Labute approximate surface area is 123 Å². The number of nitrogens with zero attached hydrogens (tertiary/aromatic N) is 2. The van der Waals surface area contributed by atoms with E-state index in [0.29, 0.717) is 17.4 Å². The third-order valence-electron chi connectivity index (χ3n) is 3.88. The van der Waals surface area contributed by atoms with Crippen molar-refractivity contribution in [2.24, 2.45) is 5.92 Å². The van der Waals surface area contributed by atoms with E-state index in [1.807, 2.05) is 12.1 Å². The van der Waals surface area contributed by atoms with Crippen LogP contribution in [0.2, 0.25) is 0 Å². The average Bonchev–Trinajstić information content (AvgIpc) is 2.96. The Morgan fingerprint density at radius 1 is 1.33 bits per heavy atom. The maximum absolute atomic E-state index is 12.9. The van der Waals surface area contributed by atoms with Gasteiger partial charge in [-0.2, -0.15) is 0 Å². The Balaban J connectivity index is 1.66. The molecule has 0 aromatic carbocycles. The molecule has 0 spiro atoms. The van der Waals surface area contributed by atoms with Crippen LogP contribution in [-0.4, -0.2) is 34.7 Å². The smallest absolute Gasteiger partial charge is 0.152 e. The third kappa shape index (κ3) is 3.49. The zero-order chi connectivity index (χ0) is 14.7. The van der Waals surface area contributed by atoms with Crippen molar-refractivity contribution < 1.29 is 13.9 Å². The highest BCUT2D eigenvalue weighted by molar-refractivity contribution is 5.51. The SMILES string of the molecule is OCC1CCCN(Cc2ccc(-c3ccc(F)cn3)o2)C1. The molecule has 1 unspecified atom stereocenters. The lowest BCUT2D eigenvalue weighted by Gasteiger charge is -2.30. The van der Waals surface area contributed by atoms with Gasteiger partial charge in [-0.15, -0.1) is 0 Å². The van der Waals surface area contributed by atoms with Crippen molar-refractivity contribution in [1.82, 2.24) is 9.88 Å². The fourth-order valence-electron chi connectivity index (χ4n) is 2.79. The number of furan rings is 1. The van der Waals surface area contributed by atoms with Crippen LogP contribution in [0, 0.1) is 11.7 Å². The maximum atomic E-state index is 12.9. The average molecular weight is 290 g/mol. The van der Waals surface area contributed by atoms with Gasteiger partial charge < -0.3 is 9.52 Å². The number of likely N-dealkylation sites (tertiary alicyclic amines) is 1. The van der Waals surface area contributed by atoms with Gasteiger partial charge in [-0.25, -0.2) is 9.37 Å². The second kappa shape index (κ2) is 6.37. The molecule has 5 heteroatoms. The maximum Gasteiger partial charge on any atom is 0.152 e. The summed E-state index contributed by atoms with van der Waals surface area (Å²) in [6, 6.07) is 6.79. The first-order chi connectivity index (χ1) is 10.2. The number of hydrogen-bond acceptors (Lipinski definition) is 4. The number of aliphatic hydroxyl groups excluding tert-OH is 1. The predicted molar refractivity (Wildman–Crippen MR) is 77.0 cm³/mol. The van der Waals surface area contributed by atoms with Gasteiger partial charge in [0, 0.05) is 13.2 Å². The summed E-state index contributed by atoms with van der Waals surface area (Å²) in [4.78, 5) is 6.32. The minimum absolute atomic E-state index is 0.249. The molecular weight excluding hydrogens is 271 g/mol. The second-order valence-electron chi connectivity index (χ2n) is 5.55. The zero-order valence-electron chi connectivity index (χ0n) is 11.8. The Morgan fingerprint density at radius 2 is 2.24 bits per heavy atom. The summed E-state index contributed by atoms with van der Waals surface area (Å²) in [5, 5.41) is 9.26. The van der Waals surface area contributed by atoms with Crippen LogP contribution in [0.1, 0.15) is 18.6 Å². The van der Waals surface area contributed by atoms with Gasteiger partial charge in [-0.3, -0.25) is 4.90 Å². The summed E-state index contributed by atoms with van der Waals surface area (Å²) in [6.07, 6.45) is 3.39. The van der Waals surface area contributed by atoms with Crippen LogP contribution in [0.5, 0.6) is 0 Å². The van der Waals surface area contributed by atoms with Crippen molar-refractivity contribution in [2.75, 3.05) is 19.7 Å². The molecule has 0 saturated carbocycles. The van der Waals surface area contributed by atoms with Gasteiger partial charge in [0.1, 0.15) is 17.3 Å². The normalized spacial score (nSPS) is 19.8. The standard InChI is InChI=1S/C16H19FN2O2/c17-13-3-5-15(18-8-13)16-6-4-14(21-16)10-19-7-1-2-12(9-19)11-20/h3-6,8,12,20H,1-2,7,9-11H2. The van der Waals surface area contributed by atoms with Gasteiger partial charge in [0.15, 0.2) is 5.76 Å². The highest BCUT2D eigenvalue weighted by Crippen LogP contribution is 2.23. The minimum atomic E-state index is -0.353. The monoisotopic (exact) mass is 290 g/mol. The molecule has 1 fully saturated rings. The van der Waals surface area contributed by atoms with Gasteiger partial charge in [-0.1, -0.05) is 0 Å². The van der Waals surface area contributed by atoms with E-state index in [1.165, 1.54) is 12.3 Å². The molecule has 1 aliphatic rings. The summed E-state index contributed by atoms with van der Waals surface area (Å²) in [6.45, 7) is 2.92. The molecule has 2 aromatic rings. The van der Waals surface area contributed by atoms with E-state index in [9.17, 15) is 9.50 Å². The van der Waals surface area contributed by atoms with Crippen molar-refractivity contribution in [3.05, 3.63) is 42.0 Å². The number of aliphatic hydroxyl groups is 1. The fraction of sp³-hybridized carbons (Fsp3) is 0.438. The number of hydrogen-bond donors (Lipinski definition) is 1. The summed E-state index contributed by atoms with van der Waals surface area (Å²) in [5.41, 5.74) is 0.634. The Kier molecular flexibility index (Phi) is 4.31. The highest BCUT2D eigenvalue weighted by atomic mass is 19.1. The van der Waals surface area contributed by atoms with Crippen molar-refractivity contribution in [3.63, 3.8) is 0 Å². The van der Waals surface area contributed by atoms with E-state index in [4.69, 9.17) is 4.42 Å². The molecule has 2 aromatic heterocycles. The van der Waals surface area contributed by atoms with Crippen molar-refractivity contribution in [2.45, 2.75) is 19.4 Å². The predicted octanol–water partition coefficient (Wildman–Crippen LogP) is 2.69. The molecule has 1 N–H and O–H groups in total. The lowest BCUT2D eigenvalue weighted by molar-refractivity contribution is 0.110. The Hall–Kier alpha value is -1.72. The van der Waals surface area contributed by atoms with Crippen LogP contribution in [0.25, 0.3) is 11.5 Å². The Bertz CT molecular complexity index is 582. The summed E-state index contributed by atoms with van der Waals surface area (Å²) in [5.74, 6) is 1.54. The fourth-order valence-corrected chi connectivity index (χ4v) is 2.79. The molecule has 3 rings (SSSR count). The first kappa shape index (κ1) is 14.2. The van der Waals surface area contributed by atoms with E-state index >= 15 is 0 Å². The largest absolute Gasteiger partial charge is 0.458 e. The third-order valence-corrected chi connectivity index (χ3v) is 3.88. The summed E-state index contributed by atoms with van der Waals surface area (Å²) < 4.78 is 18.7. The molecular formula is C16H19FN2O2. The van der Waals surface area contributed by atoms with E-state index in [1.54, 1.807) is 6.07 Å². The minimum Gasteiger partial charge on any atom is -0.458 e. The first-order valence-corrected chi connectivity index (χ1v) is 7.28. The molecule has 3 heterocycles. The highest BCUT2D eigenvalue weighted by Gasteiger charge is 2.20. The van der Waals surface area contributed by atoms with Gasteiger partial charge in [0.05, 0.1) is 12.7 Å².